The third-order valence-corrected chi connectivity index (χ3v) is 2.60. The Morgan fingerprint density at radius 3 is 2.06 bits per heavy atom. The standard InChI is InChI=1S/C13H20N2O/c1-11(16)12-5-7-13(8-6-12)15(4)10-9-14(2)3/h5-8H,9-10H2,1-4H3. The van der Waals surface area contributed by atoms with Crippen LogP contribution in [0.2, 0.25) is 0 Å². The Bertz CT molecular complexity index is 343. The molecule has 16 heavy (non-hydrogen) atoms. The highest BCUT2D eigenvalue weighted by molar-refractivity contribution is 5.94. The van der Waals surface area contributed by atoms with Gasteiger partial charge in [-0.2, -0.15) is 0 Å². The van der Waals surface area contributed by atoms with Crippen molar-refractivity contribution in [3.8, 4) is 0 Å². The molecule has 0 aliphatic rings. The van der Waals surface area contributed by atoms with E-state index < -0.39 is 0 Å². The zero-order valence-electron chi connectivity index (χ0n) is 10.5. The Hall–Kier alpha value is -1.35. The number of anilines is 1. The maximum absolute atomic E-state index is 11.1. The Labute approximate surface area is 97.7 Å². The molecule has 0 N–H and O–H groups in total. The number of carbonyl (C=O) groups is 1. The fraction of sp³-hybridized carbons (Fsp3) is 0.462. The van der Waals surface area contributed by atoms with Crippen molar-refractivity contribution in [2.75, 3.05) is 39.1 Å². The molecule has 1 aromatic rings. The van der Waals surface area contributed by atoms with Crippen LogP contribution in [0, 0.1) is 0 Å². The predicted octanol–water partition coefficient (Wildman–Crippen LogP) is 1.89. The van der Waals surface area contributed by atoms with E-state index in [1.54, 1.807) is 6.92 Å². The number of ketones is 1. The highest BCUT2D eigenvalue weighted by Crippen LogP contribution is 2.13. The van der Waals surface area contributed by atoms with Crippen molar-refractivity contribution in [2.45, 2.75) is 6.92 Å². The van der Waals surface area contributed by atoms with E-state index in [4.69, 9.17) is 0 Å². The fourth-order valence-corrected chi connectivity index (χ4v) is 1.43. The Morgan fingerprint density at radius 1 is 1.06 bits per heavy atom. The summed E-state index contributed by atoms with van der Waals surface area (Å²) in [6.45, 7) is 3.59. The number of rotatable bonds is 5. The molecule has 0 atom stereocenters. The predicted molar refractivity (Wildman–Crippen MR) is 68.3 cm³/mol. The van der Waals surface area contributed by atoms with E-state index in [2.05, 4.69) is 30.9 Å². The van der Waals surface area contributed by atoms with Gasteiger partial charge in [0.1, 0.15) is 0 Å². The molecule has 0 amide bonds. The summed E-state index contributed by atoms with van der Waals surface area (Å²) in [6.07, 6.45) is 0. The molecule has 0 aliphatic carbocycles. The highest BCUT2D eigenvalue weighted by Gasteiger charge is 2.03. The first-order chi connectivity index (χ1) is 7.50. The van der Waals surface area contributed by atoms with Crippen LogP contribution in [0.1, 0.15) is 17.3 Å². The van der Waals surface area contributed by atoms with Gasteiger partial charge in [0.15, 0.2) is 5.78 Å². The molecule has 1 rings (SSSR count). The number of hydrogen-bond acceptors (Lipinski definition) is 3. The van der Waals surface area contributed by atoms with Gasteiger partial charge in [-0.05, 0) is 45.3 Å². The van der Waals surface area contributed by atoms with Crippen LogP contribution < -0.4 is 4.90 Å². The van der Waals surface area contributed by atoms with Gasteiger partial charge in [0, 0.05) is 31.4 Å². The van der Waals surface area contributed by atoms with Crippen molar-refractivity contribution in [2.24, 2.45) is 0 Å². The first-order valence-electron chi connectivity index (χ1n) is 5.47. The number of carbonyl (C=O) groups excluding carboxylic acids is 1. The van der Waals surface area contributed by atoms with Gasteiger partial charge in [0.05, 0.1) is 0 Å². The second-order valence-corrected chi connectivity index (χ2v) is 4.33. The second-order valence-electron chi connectivity index (χ2n) is 4.33. The Kier molecular flexibility index (Phi) is 4.50. The van der Waals surface area contributed by atoms with Gasteiger partial charge in [-0.15, -0.1) is 0 Å². The fourth-order valence-electron chi connectivity index (χ4n) is 1.43. The Balaban J connectivity index is 2.63. The van der Waals surface area contributed by atoms with Crippen LogP contribution in [0.5, 0.6) is 0 Å². The van der Waals surface area contributed by atoms with Crippen molar-refractivity contribution in [1.82, 2.24) is 4.90 Å². The van der Waals surface area contributed by atoms with E-state index in [9.17, 15) is 4.79 Å². The van der Waals surface area contributed by atoms with Gasteiger partial charge in [0.2, 0.25) is 0 Å². The normalized spacial score (nSPS) is 10.6. The minimum absolute atomic E-state index is 0.113. The molecule has 3 nitrogen and oxygen atoms in total. The van der Waals surface area contributed by atoms with Crippen molar-refractivity contribution in [3.05, 3.63) is 29.8 Å². The van der Waals surface area contributed by atoms with E-state index in [1.807, 2.05) is 24.3 Å². The largest absolute Gasteiger partial charge is 0.373 e. The molecule has 0 spiro atoms. The summed E-state index contributed by atoms with van der Waals surface area (Å²) in [5, 5.41) is 0. The van der Waals surface area contributed by atoms with Crippen molar-refractivity contribution in [1.29, 1.82) is 0 Å². The van der Waals surface area contributed by atoms with Crippen LogP contribution >= 0.6 is 0 Å². The number of Topliss-reactive ketones (excluding diaryl/α,β-unsaturated/α-hetero) is 1. The monoisotopic (exact) mass is 220 g/mol. The van der Waals surface area contributed by atoms with E-state index in [0.29, 0.717) is 0 Å². The molecular weight excluding hydrogens is 200 g/mol. The van der Waals surface area contributed by atoms with Crippen molar-refractivity contribution in [3.63, 3.8) is 0 Å². The van der Waals surface area contributed by atoms with E-state index in [-0.39, 0.29) is 5.78 Å². The maximum Gasteiger partial charge on any atom is 0.159 e. The van der Waals surface area contributed by atoms with Crippen LogP contribution in [0.3, 0.4) is 0 Å². The molecule has 88 valence electrons. The minimum Gasteiger partial charge on any atom is -0.373 e. The lowest BCUT2D eigenvalue weighted by Gasteiger charge is -2.21. The topological polar surface area (TPSA) is 23.6 Å². The molecule has 3 heteroatoms. The molecule has 0 bridgehead atoms. The summed E-state index contributed by atoms with van der Waals surface area (Å²) >= 11 is 0. The van der Waals surface area contributed by atoms with Crippen molar-refractivity contribution >= 4 is 11.5 Å². The lowest BCUT2D eigenvalue weighted by molar-refractivity contribution is 0.101. The Morgan fingerprint density at radius 2 is 1.62 bits per heavy atom. The van der Waals surface area contributed by atoms with Crippen LogP contribution in [0.4, 0.5) is 5.69 Å². The molecule has 1 aromatic carbocycles. The van der Waals surface area contributed by atoms with Crippen LogP contribution in [-0.2, 0) is 0 Å². The number of nitrogens with zero attached hydrogens (tertiary/aromatic N) is 2. The first-order valence-corrected chi connectivity index (χ1v) is 5.47. The summed E-state index contributed by atoms with van der Waals surface area (Å²) < 4.78 is 0. The van der Waals surface area contributed by atoms with Crippen molar-refractivity contribution < 1.29 is 4.79 Å². The summed E-state index contributed by atoms with van der Waals surface area (Å²) in [5.41, 5.74) is 1.91. The van der Waals surface area contributed by atoms with Crippen LogP contribution in [0.25, 0.3) is 0 Å². The zero-order valence-corrected chi connectivity index (χ0v) is 10.5. The molecule has 0 fully saturated rings. The van der Waals surface area contributed by atoms with Gasteiger partial charge < -0.3 is 9.80 Å². The van der Waals surface area contributed by atoms with Crippen LogP contribution in [-0.4, -0.2) is 44.9 Å². The minimum atomic E-state index is 0.113. The molecule has 0 unspecified atom stereocenters. The second kappa shape index (κ2) is 5.66. The quantitative estimate of drug-likeness (QED) is 0.708. The van der Waals surface area contributed by atoms with Gasteiger partial charge in [-0.3, -0.25) is 4.79 Å². The molecule has 0 heterocycles. The van der Waals surface area contributed by atoms with Gasteiger partial charge in [0.25, 0.3) is 0 Å². The highest BCUT2D eigenvalue weighted by atomic mass is 16.1. The third kappa shape index (κ3) is 3.66. The van der Waals surface area contributed by atoms with Crippen LogP contribution in [0.15, 0.2) is 24.3 Å². The molecule has 0 aliphatic heterocycles. The summed E-state index contributed by atoms with van der Waals surface area (Å²) in [6, 6.07) is 7.74. The average molecular weight is 220 g/mol. The molecular formula is C13H20N2O. The van der Waals surface area contributed by atoms with E-state index in [1.165, 1.54) is 0 Å². The lowest BCUT2D eigenvalue weighted by Crippen LogP contribution is -2.28. The maximum atomic E-state index is 11.1. The molecule has 0 saturated heterocycles. The van der Waals surface area contributed by atoms with E-state index >= 15 is 0 Å². The number of likely N-dealkylation sites (N-methyl/N-ethyl adjacent to an activating group) is 2. The third-order valence-electron chi connectivity index (χ3n) is 2.60. The number of benzene rings is 1. The summed E-state index contributed by atoms with van der Waals surface area (Å²) in [4.78, 5) is 15.5. The van der Waals surface area contributed by atoms with E-state index in [0.717, 1.165) is 24.3 Å². The summed E-state index contributed by atoms with van der Waals surface area (Å²) in [5.74, 6) is 0.113. The van der Waals surface area contributed by atoms with Gasteiger partial charge >= 0.3 is 0 Å². The molecule has 0 saturated carbocycles. The SMILES string of the molecule is CC(=O)c1ccc(N(C)CCN(C)C)cc1. The number of hydrogen-bond donors (Lipinski definition) is 0. The van der Waals surface area contributed by atoms with Gasteiger partial charge in [-0.25, -0.2) is 0 Å². The average Bonchev–Trinajstić information content (AvgIpc) is 2.26. The smallest absolute Gasteiger partial charge is 0.159 e. The zero-order chi connectivity index (χ0) is 12.1. The lowest BCUT2D eigenvalue weighted by atomic mass is 10.1. The molecule has 0 aromatic heterocycles. The summed E-state index contributed by atoms with van der Waals surface area (Å²) in [7, 11) is 6.19. The van der Waals surface area contributed by atoms with Gasteiger partial charge in [-0.1, -0.05) is 0 Å². The first kappa shape index (κ1) is 12.7. The molecule has 0 radical (unpaired) electrons.